The van der Waals surface area contributed by atoms with Gasteiger partial charge in [-0.05, 0) is 35.9 Å². The van der Waals surface area contributed by atoms with Gasteiger partial charge >= 0.3 is 0 Å². The molecule has 0 saturated heterocycles. The fourth-order valence-corrected chi connectivity index (χ4v) is 2.13. The zero-order chi connectivity index (χ0) is 13.4. The van der Waals surface area contributed by atoms with Crippen molar-refractivity contribution < 1.29 is 4.79 Å². The van der Waals surface area contributed by atoms with E-state index in [1.807, 2.05) is 17.8 Å². The summed E-state index contributed by atoms with van der Waals surface area (Å²) < 4.78 is 3.03. The van der Waals surface area contributed by atoms with Crippen molar-refractivity contribution in [2.75, 3.05) is 6.54 Å². The first kappa shape index (κ1) is 15.5. The predicted molar refractivity (Wildman–Crippen MR) is 81.4 cm³/mol. The molecule has 4 nitrogen and oxygen atoms in total. The van der Waals surface area contributed by atoms with Crippen LogP contribution in [0, 0.1) is 10.5 Å². The molecule has 0 spiro atoms. The van der Waals surface area contributed by atoms with Crippen molar-refractivity contribution in [3.05, 3.63) is 15.5 Å². The van der Waals surface area contributed by atoms with Crippen LogP contribution in [-0.2, 0) is 11.3 Å². The van der Waals surface area contributed by atoms with Crippen molar-refractivity contribution in [2.45, 2.75) is 52.5 Å². The number of unbranched alkanes of at least 4 members (excludes halogenated alkanes) is 3. The Hall–Kier alpha value is -0.590. The molecule has 0 radical (unpaired) electrons. The number of nitrogens with zero attached hydrogens (tertiary/aromatic N) is 2. The molecular weight excluding hydrogens is 341 g/mol. The Morgan fingerprint density at radius 2 is 2.22 bits per heavy atom. The van der Waals surface area contributed by atoms with E-state index in [9.17, 15) is 4.79 Å². The van der Waals surface area contributed by atoms with Gasteiger partial charge in [0.25, 0.3) is 0 Å². The number of carbonyl (C=O) groups is 1. The first-order valence-electron chi connectivity index (χ1n) is 6.59. The minimum atomic E-state index is 0.122. The fourth-order valence-electron chi connectivity index (χ4n) is 1.72. The van der Waals surface area contributed by atoms with Gasteiger partial charge in [-0.2, -0.15) is 5.10 Å². The summed E-state index contributed by atoms with van der Waals surface area (Å²) in [5.41, 5.74) is 1.13. The lowest BCUT2D eigenvalue weighted by Crippen LogP contribution is -2.25. The molecule has 0 aliphatic heterocycles. The van der Waals surface area contributed by atoms with E-state index in [1.165, 1.54) is 19.3 Å². The molecule has 0 fully saturated rings. The molecule has 0 atom stereocenters. The number of nitrogens with one attached hydrogen (secondary N) is 1. The Labute approximate surface area is 123 Å². The molecule has 1 heterocycles. The SMILES string of the molecule is CCCCCCNC(=O)CCn1ncc(I)c1C. The number of carbonyl (C=O) groups excluding carboxylic acids is 1. The van der Waals surface area contributed by atoms with Gasteiger partial charge in [0.05, 0.1) is 9.77 Å². The molecule has 0 unspecified atom stereocenters. The van der Waals surface area contributed by atoms with Crippen LogP contribution in [0.1, 0.15) is 44.7 Å². The van der Waals surface area contributed by atoms with Crippen molar-refractivity contribution in [3.8, 4) is 0 Å². The standard InChI is InChI=1S/C13H22IN3O/c1-3-4-5-6-8-15-13(18)7-9-17-11(2)12(14)10-16-17/h10H,3-9H2,1-2H3,(H,15,18). The lowest BCUT2D eigenvalue weighted by Gasteiger charge is -2.06. The van der Waals surface area contributed by atoms with Gasteiger partial charge in [-0.25, -0.2) is 0 Å². The average Bonchev–Trinajstić information content (AvgIpc) is 2.67. The number of aromatic nitrogens is 2. The van der Waals surface area contributed by atoms with Gasteiger partial charge < -0.3 is 5.32 Å². The van der Waals surface area contributed by atoms with Crippen molar-refractivity contribution in [3.63, 3.8) is 0 Å². The molecule has 1 rings (SSSR count). The topological polar surface area (TPSA) is 46.9 Å². The van der Waals surface area contributed by atoms with Crippen molar-refractivity contribution >= 4 is 28.5 Å². The molecule has 1 aromatic rings. The summed E-state index contributed by atoms with van der Waals surface area (Å²) in [6.45, 7) is 5.67. The Morgan fingerprint density at radius 3 is 2.83 bits per heavy atom. The predicted octanol–water partition coefficient (Wildman–Crippen LogP) is 2.88. The maximum atomic E-state index is 11.6. The molecule has 1 amide bonds. The number of rotatable bonds is 8. The van der Waals surface area contributed by atoms with Crippen molar-refractivity contribution in [1.82, 2.24) is 15.1 Å². The van der Waals surface area contributed by atoms with E-state index in [-0.39, 0.29) is 5.91 Å². The molecule has 0 aromatic carbocycles. The lowest BCUT2D eigenvalue weighted by molar-refractivity contribution is -0.121. The first-order valence-corrected chi connectivity index (χ1v) is 7.67. The summed E-state index contributed by atoms with van der Waals surface area (Å²) in [6, 6.07) is 0. The van der Waals surface area contributed by atoms with E-state index in [4.69, 9.17) is 0 Å². The number of halogens is 1. The Kier molecular flexibility index (Phi) is 7.31. The van der Waals surface area contributed by atoms with E-state index >= 15 is 0 Å². The third-order valence-electron chi connectivity index (χ3n) is 2.95. The maximum absolute atomic E-state index is 11.6. The highest BCUT2D eigenvalue weighted by Crippen LogP contribution is 2.09. The zero-order valence-corrected chi connectivity index (χ0v) is 13.4. The van der Waals surface area contributed by atoms with Gasteiger partial charge in [-0.15, -0.1) is 0 Å². The average molecular weight is 363 g/mol. The summed E-state index contributed by atoms with van der Waals surface area (Å²) in [5.74, 6) is 0.122. The highest BCUT2D eigenvalue weighted by atomic mass is 127. The van der Waals surface area contributed by atoms with E-state index in [0.29, 0.717) is 13.0 Å². The van der Waals surface area contributed by atoms with Gasteiger partial charge in [0.15, 0.2) is 0 Å². The van der Waals surface area contributed by atoms with Crippen LogP contribution in [0.5, 0.6) is 0 Å². The van der Waals surface area contributed by atoms with Gasteiger partial charge in [0.2, 0.25) is 5.91 Å². The van der Waals surface area contributed by atoms with Gasteiger partial charge in [0, 0.05) is 25.2 Å². The minimum Gasteiger partial charge on any atom is -0.356 e. The molecule has 18 heavy (non-hydrogen) atoms. The smallest absolute Gasteiger partial charge is 0.221 e. The molecule has 1 N–H and O–H groups in total. The van der Waals surface area contributed by atoms with Crippen LogP contribution in [0.15, 0.2) is 6.20 Å². The first-order chi connectivity index (χ1) is 8.65. The van der Waals surface area contributed by atoms with Gasteiger partial charge in [0.1, 0.15) is 0 Å². The molecule has 5 heteroatoms. The third-order valence-corrected chi connectivity index (χ3v) is 4.01. The number of amides is 1. The van der Waals surface area contributed by atoms with Crippen LogP contribution in [0.4, 0.5) is 0 Å². The molecule has 1 aromatic heterocycles. The monoisotopic (exact) mass is 363 g/mol. The summed E-state index contributed by atoms with van der Waals surface area (Å²) in [4.78, 5) is 11.6. The van der Waals surface area contributed by atoms with Crippen LogP contribution in [0.2, 0.25) is 0 Å². The zero-order valence-electron chi connectivity index (χ0n) is 11.2. The second-order valence-electron chi connectivity index (χ2n) is 4.46. The van der Waals surface area contributed by atoms with Crippen LogP contribution in [0.25, 0.3) is 0 Å². The van der Waals surface area contributed by atoms with E-state index in [0.717, 1.165) is 22.2 Å². The minimum absolute atomic E-state index is 0.122. The number of hydrogen-bond acceptors (Lipinski definition) is 2. The largest absolute Gasteiger partial charge is 0.356 e. The Bertz CT molecular complexity index is 376. The molecular formula is C13H22IN3O. The van der Waals surface area contributed by atoms with Crippen LogP contribution < -0.4 is 5.32 Å². The second-order valence-corrected chi connectivity index (χ2v) is 5.62. The van der Waals surface area contributed by atoms with Crippen LogP contribution in [0.3, 0.4) is 0 Å². The molecule has 0 saturated carbocycles. The second kappa shape index (κ2) is 8.50. The lowest BCUT2D eigenvalue weighted by atomic mass is 10.2. The van der Waals surface area contributed by atoms with E-state index in [1.54, 1.807) is 0 Å². The van der Waals surface area contributed by atoms with E-state index in [2.05, 4.69) is 39.9 Å². The summed E-state index contributed by atoms with van der Waals surface area (Å²) >= 11 is 2.25. The Balaban J connectivity index is 2.15. The maximum Gasteiger partial charge on any atom is 0.221 e. The molecule has 102 valence electrons. The summed E-state index contributed by atoms with van der Waals surface area (Å²) in [6.07, 6.45) is 7.10. The summed E-state index contributed by atoms with van der Waals surface area (Å²) in [7, 11) is 0. The highest BCUT2D eigenvalue weighted by molar-refractivity contribution is 14.1. The normalized spacial score (nSPS) is 10.6. The number of hydrogen-bond donors (Lipinski definition) is 1. The van der Waals surface area contributed by atoms with Gasteiger partial charge in [-0.1, -0.05) is 26.2 Å². The van der Waals surface area contributed by atoms with Crippen molar-refractivity contribution in [2.24, 2.45) is 0 Å². The van der Waals surface area contributed by atoms with Crippen molar-refractivity contribution in [1.29, 1.82) is 0 Å². The summed E-state index contributed by atoms with van der Waals surface area (Å²) in [5, 5.41) is 7.19. The molecule has 0 bridgehead atoms. The van der Waals surface area contributed by atoms with E-state index < -0.39 is 0 Å². The van der Waals surface area contributed by atoms with Gasteiger partial charge in [-0.3, -0.25) is 9.48 Å². The number of aryl methyl sites for hydroxylation is 1. The van der Waals surface area contributed by atoms with Crippen LogP contribution in [-0.4, -0.2) is 22.2 Å². The quantitative estimate of drug-likeness (QED) is 0.570. The Morgan fingerprint density at radius 1 is 1.44 bits per heavy atom. The fraction of sp³-hybridized carbons (Fsp3) is 0.692. The van der Waals surface area contributed by atoms with Crippen LogP contribution >= 0.6 is 22.6 Å². The third kappa shape index (κ3) is 5.37. The molecule has 0 aliphatic carbocycles. The highest BCUT2D eigenvalue weighted by Gasteiger charge is 2.06. The molecule has 0 aliphatic rings.